The summed E-state index contributed by atoms with van der Waals surface area (Å²) in [6.45, 7) is 1.61. The summed E-state index contributed by atoms with van der Waals surface area (Å²) < 4.78 is 85.1. The van der Waals surface area contributed by atoms with E-state index in [2.05, 4.69) is 25.5 Å². The molecule has 0 bridgehead atoms. The predicted octanol–water partition coefficient (Wildman–Crippen LogP) is 6.32. The summed E-state index contributed by atoms with van der Waals surface area (Å²) in [6.07, 6.45) is -8.45. The second-order valence-electron chi connectivity index (χ2n) is 9.28. The maximum atomic E-state index is 14.3. The SMILES string of the molecule is Cc1nn(-c2ccc(C3=NC(c4cccc(Cl)c4)(C(F)(F)F)C(=O)N3)cc2)cc1NC(=O)c1ccc(OC(F)(F)F)cc1. The predicted molar refractivity (Wildman–Crippen MR) is 143 cm³/mol. The van der Waals surface area contributed by atoms with Crippen LogP contribution in [0, 0.1) is 6.92 Å². The van der Waals surface area contributed by atoms with Crippen LogP contribution < -0.4 is 15.4 Å². The molecule has 2 N–H and O–H groups in total. The molecule has 0 saturated heterocycles. The van der Waals surface area contributed by atoms with Crippen LogP contribution in [0.5, 0.6) is 5.75 Å². The van der Waals surface area contributed by atoms with Gasteiger partial charge in [0.15, 0.2) is 0 Å². The summed E-state index contributed by atoms with van der Waals surface area (Å²) in [6, 6.07) is 15.1. The zero-order valence-corrected chi connectivity index (χ0v) is 22.5. The van der Waals surface area contributed by atoms with Crippen molar-refractivity contribution in [1.29, 1.82) is 0 Å². The van der Waals surface area contributed by atoms with Crippen LogP contribution in [-0.4, -0.2) is 40.0 Å². The summed E-state index contributed by atoms with van der Waals surface area (Å²) in [7, 11) is 0. The van der Waals surface area contributed by atoms with Gasteiger partial charge in [0.1, 0.15) is 11.6 Å². The van der Waals surface area contributed by atoms with Crippen LogP contribution >= 0.6 is 11.6 Å². The standard InChI is InChI=1S/C28H18ClF6N5O3/c1-15-22(36-24(41)17-7-11-21(12-8-17)43-28(33,34)35)14-40(39-15)20-9-5-16(6-10-20)23-37-25(42)26(38-23,27(30,31)32)18-3-2-4-19(29)13-18/h2-14H,1H3,(H,36,41)(H,37,38,42). The van der Waals surface area contributed by atoms with Crippen LogP contribution in [-0.2, 0) is 10.3 Å². The van der Waals surface area contributed by atoms with E-state index < -0.39 is 41.2 Å². The molecule has 0 spiro atoms. The Hall–Kier alpha value is -4.85. The molecule has 5 rings (SSSR count). The molecule has 1 atom stereocenters. The van der Waals surface area contributed by atoms with Crippen molar-refractivity contribution in [3.05, 3.63) is 106 Å². The molecule has 0 saturated carbocycles. The van der Waals surface area contributed by atoms with E-state index in [4.69, 9.17) is 11.6 Å². The second kappa shape index (κ2) is 10.8. The lowest BCUT2D eigenvalue weighted by Gasteiger charge is -2.26. The third-order valence-corrected chi connectivity index (χ3v) is 6.63. The molecule has 4 aromatic rings. The fraction of sp³-hybridized carbons (Fsp3) is 0.143. The van der Waals surface area contributed by atoms with Gasteiger partial charge in [-0.3, -0.25) is 9.59 Å². The maximum absolute atomic E-state index is 14.3. The lowest BCUT2D eigenvalue weighted by molar-refractivity contribution is -0.274. The molecule has 0 aliphatic carbocycles. The minimum Gasteiger partial charge on any atom is -0.406 e. The molecule has 2 heterocycles. The van der Waals surface area contributed by atoms with Crippen LogP contribution in [0.1, 0.15) is 27.2 Å². The number of ether oxygens (including phenoxy) is 1. The average molecular weight is 622 g/mol. The van der Waals surface area contributed by atoms with Crippen molar-refractivity contribution in [2.75, 3.05) is 5.32 Å². The van der Waals surface area contributed by atoms with Crippen molar-refractivity contribution in [3.63, 3.8) is 0 Å². The molecule has 222 valence electrons. The Morgan fingerprint density at radius 3 is 2.28 bits per heavy atom. The van der Waals surface area contributed by atoms with E-state index in [1.54, 1.807) is 6.92 Å². The van der Waals surface area contributed by atoms with E-state index in [1.165, 1.54) is 59.4 Å². The van der Waals surface area contributed by atoms with Gasteiger partial charge in [-0.1, -0.05) is 23.7 Å². The Morgan fingerprint density at radius 2 is 1.67 bits per heavy atom. The number of carbonyl (C=O) groups excluding carboxylic acids is 2. The van der Waals surface area contributed by atoms with Gasteiger partial charge in [0.05, 0.1) is 23.3 Å². The van der Waals surface area contributed by atoms with Crippen LogP contribution in [0.3, 0.4) is 0 Å². The van der Waals surface area contributed by atoms with Gasteiger partial charge in [-0.05, 0) is 73.2 Å². The lowest BCUT2D eigenvalue weighted by Crippen LogP contribution is -2.48. The largest absolute Gasteiger partial charge is 0.573 e. The van der Waals surface area contributed by atoms with Gasteiger partial charge < -0.3 is 15.4 Å². The number of amidine groups is 1. The van der Waals surface area contributed by atoms with Gasteiger partial charge in [0.2, 0.25) is 0 Å². The van der Waals surface area contributed by atoms with E-state index >= 15 is 0 Å². The van der Waals surface area contributed by atoms with Gasteiger partial charge in [0.25, 0.3) is 17.4 Å². The number of alkyl halides is 6. The Kier molecular flexibility index (Phi) is 7.42. The summed E-state index contributed by atoms with van der Waals surface area (Å²) in [5.74, 6) is -2.75. The molecule has 1 aliphatic rings. The molecule has 1 unspecified atom stereocenters. The Labute approximate surface area is 243 Å². The molecule has 2 amide bonds. The van der Waals surface area contributed by atoms with Crippen molar-refractivity contribution in [2.24, 2.45) is 4.99 Å². The smallest absolute Gasteiger partial charge is 0.406 e. The van der Waals surface area contributed by atoms with Gasteiger partial charge in [-0.2, -0.15) is 18.3 Å². The number of hydrogen-bond acceptors (Lipinski definition) is 5. The summed E-state index contributed by atoms with van der Waals surface area (Å²) in [4.78, 5) is 29.2. The molecule has 8 nitrogen and oxygen atoms in total. The topological polar surface area (TPSA) is 97.6 Å². The van der Waals surface area contributed by atoms with Gasteiger partial charge >= 0.3 is 12.5 Å². The first-order chi connectivity index (χ1) is 20.2. The number of nitrogens with one attached hydrogen (secondary N) is 2. The molecular formula is C28H18ClF6N5O3. The van der Waals surface area contributed by atoms with Crippen molar-refractivity contribution < 1.29 is 40.7 Å². The zero-order valence-electron chi connectivity index (χ0n) is 21.7. The first kappa shape index (κ1) is 29.6. The zero-order chi connectivity index (χ0) is 31.2. The van der Waals surface area contributed by atoms with E-state index in [0.29, 0.717) is 17.1 Å². The van der Waals surface area contributed by atoms with Crippen molar-refractivity contribution in [2.45, 2.75) is 25.0 Å². The second-order valence-corrected chi connectivity index (χ2v) is 9.72. The first-order valence-corrected chi connectivity index (χ1v) is 12.6. The Morgan fingerprint density at radius 1 is 1.00 bits per heavy atom. The third kappa shape index (κ3) is 5.91. The fourth-order valence-electron chi connectivity index (χ4n) is 4.34. The highest BCUT2D eigenvalue weighted by atomic mass is 35.5. The molecule has 0 radical (unpaired) electrons. The maximum Gasteiger partial charge on any atom is 0.573 e. The minimum absolute atomic E-state index is 0.0143. The molecular weight excluding hydrogens is 604 g/mol. The number of aryl methyl sites for hydroxylation is 1. The number of aliphatic imine (C=N–C) groups is 1. The Bertz CT molecular complexity index is 1730. The minimum atomic E-state index is -5.06. The summed E-state index contributed by atoms with van der Waals surface area (Å²) in [5.41, 5.74) is -2.18. The number of benzene rings is 3. The lowest BCUT2D eigenvalue weighted by atomic mass is 9.89. The van der Waals surface area contributed by atoms with Crippen LogP contribution in [0.2, 0.25) is 5.02 Å². The van der Waals surface area contributed by atoms with Crippen LogP contribution in [0.15, 0.2) is 84.0 Å². The van der Waals surface area contributed by atoms with E-state index in [1.807, 2.05) is 0 Å². The van der Waals surface area contributed by atoms with Crippen molar-refractivity contribution >= 4 is 34.9 Å². The highest BCUT2D eigenvalue weighted by Crippen LogP contribution is 2.45. The first-order valence-electron chi connectivity index (χ1n) is 12.2. The highest BCUT2D eigenvalue weighted by molar-refractivity contribution is 6.30. The van der Waals surface area contributed by atoms with Crippen LogP contribution in [0.25, 0.3) is 5.69 Å². The number of halogens is 7. The number of aromatic nitrogens is 2. The number of carbonyl (C=O) groups is 2. The number of hydrogen-bond donors (Lipinski definition) is 2. The number of amides is 2. The van der Waals surface area contributed by atoms with E-state index in [9.17, 15) is 35.9 Å². The van der Waals surface area contributed by atoms with E-state index in [-0.39, 0.29) is 22.0 Å². The quantitative estimate of drug-likeness (QED) is 0.246. The molecule has 1 aliphatic heterocycles. The molecule has 43 heavy (non-hydrogen) atoms. The monoisotopic (exact) mass is 621 g/mol. The van der Waals surface area contributed by atoms with Crippen molar-refractivity contribution in [3.8, 4) is 11.4 Å². The highest BCUT2D eigenvalue weighted by Gasteiger charge is 2.64. The van der Waals surface area contributed by atoms with Crippen LogP contribution in [0.4, 0.5) is 32.0 Å². The fourth-order valence-corrected chi connectivity index (χ4v) is 4.53. The number of nitrogens with zero attached hydrogens (tertiary/aromatic N) is 3. The van der Waals surface area contributed by atoms with Gasteiger partial charge in [-0.25, -0.2) is 9.67 Å². The normalized spacial score (nSPS) is 16.9. The van der Waals surface area contributed by atoms with E-state index in [0.717, 1.165) is 24.3 Å². The average Bonchev–Trinajstić information content (AvgIpc) is 3.48. The summed E-state index contributed by atoms with van der Waals surface area (Å²) in [5, 5.41) is 9.18. The van der Waals surface area contributed by atoms with Gasteiger partial charge in [-0.15, -0.1) is 13.2 Å². The van der Waals surface area contributed by atoms with Gasteiger partial charge in [0, 0.05) is 16.1 Å². The third-order valence-electron chi connectivity index (χ3n) is 6.40. The Balaban J connectivity index is 1.35. The summed E-state index contributed by atoms with van der Waals surface area (Å²) >= 11 is 5.89. The molecule has 15 heteroatoms. The molecule has 0 fully saturated rings. The van der Waals surface area contributed by atoms with Crippen molar-refractivity contribution in [1.82, 2.24) is 15.1 Å². The number of rotatable bonds is 6. The molecule has 3 aromatic carbocycles. The number of anilines is 1. The molecule has 1 aromatic heterocycles.